The second-order valence-corrected chi connectivity index (χ2v) is 3.54. The highest BCUT2D eigenvalue weighted by Crippen LogP contribution is 1.92. The standard InChI is InChI=1S/C7H9IN2O2/c1-10-4-5(2-3-8)6(11)9-7(10)12/h4H,2-3H2,1H3,(H,9,11,12). The Morgan fingerprint density at radius 3 is 2.83 bits per heavy atom. The molecule has 0 saturated heterocycles. The lowest BCUT2D eigenvalue weighted by molar-refractivity contribution is 0.779. The fraction of sp³-hybridized carbons (Fsp3) is 0.429. The molecule has 12 heavy (non-hydrogen) atoms. The van der Waals surface area contributed by atoms with E-state index in [4.69, 9.17) is 0 Å². The number of aromatic nitrogens is 2. The molecular weight excluding hydrogens is 271 g/mol. The molecule has 0 bridgehead atoms. The number of halogens is 1. The van der Waals surface area contributed by atoms with Gasteiger partial charge in [0.05, 0.1) is 0 Å². The fourth-order valence-electron chi connectivity index (χ4n) is 0.896. The van der Waals surface area contributed by atoms with Crippen LogP contribution in [0.25, 0.3) is 0 Å². The molecule has 0 atom stereocenters. The molecule has 1 aromatic rings. The van der Waals surface area contributed by atoms with E-state index in [-0.39, 0.29) is 11.2 Å². The molecule has 0 saturated carbocycles. The Morgan fingerprint density at radius 2 is 2.25 bits per heavy atom. The van der Waals surface area contributed by atoms with Crippen LogP contribution in [0.15, 0.2) is 15.8 Å². The van der Waals surface area contributed by atoms with Crippen molar-refractivity contribution in [2.75, 3.05) is 4.43 Å². The third-order valence-corrected chi connectivity index (χ3v) is 2.09. The van der Waals surface area contributed by atoms with Crippen LogP contribution < -0.4 is 11.2 Å². The zero-order chi connectivity index (χ0) is 9.14. The molecule has 0 aliphatic heterocycles. The Kier molecular flexibility index (Phi) is 3.07. The molecule has 1 N–H and O–H groups in total. The zero-order valence-electron chi connectivity index (χ0n) is 6.63. The molecular formula is C7H9IN2O2. The smallest absolute Gasteiger partial charge is 0.303 e. The third-order valence-electron chi connectivity index (χ3n) is 1.55. The molecule has 0 aromatic carbocycles. The summed E-state index contributed by atoms with van der Waals surface area (Å²) in [4.78, 5) is 24.3. The van der Waals surface area contributed by atoms with E-state index in [0.29, 0.717) is 12.0 Å². The number of nitrogens with one attached hydrogen (secondary N) is 1. The van der Waals surface area contributed by atoms with Crippen molar-refractivity contribution in [2.45, 2.75) is 6.42 Å². The second kappa shape index (κ2) is 3.88. The van der Waals surface area contributed by atoms with Crippen molar-refractivity contribution in [3.05, 3.63) is 32.6 Å². The van der Waals surface area contributed by atoms with Crippen molar-refractivity contribution in [3.63, 3.8) is 0 Å². The van der Waals surface area contributed by atoms with Crippen LogP contribution >= 0.6 is 22.6 Å². The highest BCUT2D eigenvalue weighted by molar-refractivity contribution is 14.1. The van der Waals surface area contributed by atoms with Crippen molar-refractivity contribution < 1.29 is 0 Å². The molecule has 1 rings (SSSR count). The minimum absolute atomic E-state index is 0.269. The van der Waals surface area contributed by atoms with Gasteiger partial charge in [-0.3, -0.25) is 9.78 Å². The Balaban J connectivity index is 3.24. The van der Waals surface area contributed by atoms with Gasteiger partial charge in [-0.1, -0.05) is 22.6 Å². The van der Waals surface area contributed by atoms with Crippen molar-refractivity contribution in [1.82, 2.24) is 9.55 Å². The number of alkyl halides is 1. The van der Waals surface area contributed by atoms with Crippen LogP contribution in [0.5, 0.6) is 0 Å². The summed E-state index contributed by atoms with van der Waals surface area (Å²) in [6.45, 7) is 0. The van der Waals surface area contributed by atoms with Gasteiger partial charge in [-0.25, -0.2) is 4.79 Å². The number of nitrogens with zero attached hydrogens (tertiary/aromatic N) is 1. The van der Waals surface area contributed by atoms with E-state index in [0.717, 1.165) is 4.43 Å². The predicted molar refractivity (Wildman–Crippen MR) is 54.9 cm³/mol. The Hall–Kier alpha value is -0.590. The first-order valence-electron chi connectivity index (χ1n) is 3.50. The highest BCUT2D eigenvalue weighted by atomic mass is 127. The van der Waals surface area contributed by atoms with Gasteiger partial charge in [0, 0.05) is 23.2 Å². The van der Waals surface area contributed by atoms with Gasteiger partial charge in [0.15, 0.2) is 0 Å². The van der Waals surface area contributed by atoms with Crippen molar-refractivity contribution in [3.8, 4) is 0 Å². The van der Waals surface area contributed by atoms with Crippen LogP contribution in [0, 0.1) is 0 Å². The van der Waals surface area contributed by atoms with E-state index >= 15 is 0 Å². The third kappa shape index (κ3) is 1.96. The van der Waals surface area contributed by atoms with Gasteiger partial charge >= 0.3 is 5.69 Å². The molecule has 1 heterocycles. The van der Waals surface area contributed by atoms with Crippen LogP contribution in [-0.4, -0.2) is 14.0 Å². The van der Waals surface area contributed by atoms with Gasteiger partial charge in [-0.15, -0.1) is 0 Å². The Morgan fingerprint density at radius 1 is 1.58 bits per heavy atom. The molecule has 0 unspecified atom stereocenters. The molecule has 1 aromatic heterocycles. The number of aryl methyl sites for hydroxylation is 2. The summed E-state index contributed by atoms with van der Waals surface area (Å²) < 4.78 is 2.25. The van der Waals surface area contributed by atoms with Crippen LogP contribution in [0.3, 0.4) is 0 Å². The molecule has 0 radical (unpaired) electrons. The normalized spacial score (nSPS) is 10.2. The van der Waals surface area contributed by atoms with Crippen molar-refractivity contribution in [1.29, 1.82) is 0 Å². The SMILES string of the molecule is Cn1cc(CCI)c(=O)[nH]c1=O. The molecule has 0 aliphatic rings. The minimum Gasteiger partial charge on any atom is -0.303 e. The summed E-state index contributed by atoms with van der Waals surface area (Å²) in [5.41, 5.74) is 0.0264. The van der Waals surface area contributed by atoms with Crippen LogP contribution in [0.4, 0.5) is 0 Å². The van der Waals surface area contributed by atoms with Crippen molar-refractivity contribution >= 4 is 22.6 Å². The summed E-state index contributed by atoms with van der Waals surface area (Å²) >= 11 is 2.19. The number of H-pyrrole nitrogens is 1. The van der Waals surface area contributed by atoms with Crippen LogP contribution in [-0.2, 0) is 13.5 Å². The van der Waals surface area contributed by atoms with E-state index in [2.05, 4.69) is 27.6 Å². The van der Waals surface area contributed by atoms with Gasteiger partial charge in [0.1, 0.15) is 0 Å². The molecule has 0 aliphatic carbocycles. The van der Waals surface area contributed by atoms with Gasteiger partial charge in [-0.05, 0) is 6.42 Å². The van der Waals surface area contributed by atoms with E-state index in [1.165, 1.54) is 4.57 Å². The van der Waals surface area contributed by atoms with Crippen LogP contribution in [0.2, 0.25) is 0 Å². The number of rotatable bonds is 2. The molecule has 5 heteroatoms. The summed E-state index contributed by atoms with van der Waals surface area (Å²) in [5.74, 6) is 0. The number of aromatic amines is 1. The lowest BCUT2D eigenvalue weighted by atomic mass is 10.3. The zero-order valence-corrected chi connectivity index (χ0v) is 8.79. The highest BCUT2D eigenvalue weighted by Gasteiger charge is 2.00. The van der Waals surface area contributed by atoms with E-state index < -0.39 is 0 Å². The monoisotopic (exact) mass is 280 g/mol. The molecule has 4 nitrogen and oxygen atoms in total. The maximum Gasteiger partial charge on any atom is 0.328 e. The topological polar surface area (TPSA) is 54.9 Å². The average molecular weight is 280 g/mol. The first-order chi connectivity index (χ1) is 5.65. The van der Waals surface area contributed by atoms with Gasteiger partial charge < -0.3 is 4.57 Å². The molecule has 66 valence electrons. The maximum absolute atomic E-state index is 11.1. The van der Waals surface area contributed by atoms with E-state index in [1.807, 2.05) is 0 Å². The Labute approximate surface area is 82.8 Å². The Bertz CT molecular complexity index is 380. The summed E-state index contributed by atoms with van der Waals surface area (Å²) in [7, 11) is 1.62. The van der Waals surface area contributed by atoms with Gasteiger partial charge in [-0.2, -0.15) is 0 Å². The number of hydrogen-bond acceptors (Lipinski definition) is 2. The molecule has 0 fully saturated rings. The van der Waals surface area contributed by atoms with Gasteiger partial charge in [0.25, 0.3) is 5.56 Å². The van der Waals surface area contributed by atoms with Crippen LogP contribution in [0.1, 0.15) is 5.56 Å². The lowest BCUT2D eigenvalue weighted by Crippen LogP contribution is -2.30. The van der Waals surface area contributed by atoms with Gasteiger partial charge in [0.2, 0.25) is 0 Å². The number of hydrogen-bond donors (Lipinski definition) is 1. The predicted octanol–water partition coefficient (Wildman–Crippen LogP) is 0.0511. The quantitative estimate of drug-likeness (QED) is 0.615. The first kappa shape index (κ1) is 9.50. The largest absolute Gasteiger partial charge is 0.328 e. The van der Waals surface area contributed by atoms with E-state index in [1.54, 1.807) is 13.2 Å². The minimum atomic E-state index is -0.364. The van der Waals surface area contributed by atoms with Crippen molar-refractivity contribution in [2.24, 2.45) is 7.05 Å². The molecule has 0 spiro atoms. The summed E-state index contributed by atoms with van der Waals surface area (Å²) in [6.07, 6.45) is 2.28. The lowest BCUT2D eigenvalue weighted by Gasteiger charge is -1.99. The second-order valence-electron chi connectivity index (χ2n) is 2.46. The maximum atomic E-state index is 11.1. The summed E-state index contributed by atoms with van der Waals surface area (Å²) in [5, 5.41) is 0. The fourth-order valence-corrected chi connectivity index (χ4v) is 1.48. The first-order valence-corrected chi connectivity index (χ1v) is 5.02. The summed E-state index contributed by atoms with van der Waals surface area (Å²) in [6, 6.07) is 0. The molecule has 0 amide bonds. The van der Waals surface area contributed by atoms with E-state index in [9.17, 15) is 9.59 Å². The average Bonchev–Trinajstić information content (AvgIpc) is 2.01.